The lowest BCUT2D eigenvalue weighted by molar-refractivity contribution is -0.150. The lowest BCUT2D eigenvalue weighted by Gasteiger charge is -2.18. The van der Waals surface area contributed by atoms with E-state index in [4.69, 9.17) is 16.3 Å². The number of nitrogens with zero attached hydrogens (tertiary/aromatic N) is 3. The molecular formula is C20H18ClN3O3. The van der Waals surface area contributed by atoms with Gasteiger partial charge in [0.15, 0.2) is 5.78 Å². The molecule has 0 aliphatic carbocycles. The fourth-order valence-electron chi connectivity index (χ4n) is 2.59. The number of hydrogen-bond acceptors (Lipinski definition) is 5. The van der Waals surface area contributed by atoms with Crippen LogP contribution in [0.15, 0.2) is 67.3 Å². The summed E-state index contributed by atoms with van der Waals surface area (Å²) in [4.78, 5) is 28.4. The standard InChI is InChI=1S/C20H18ClN3O3/c21-17-8-6-16(7-9-17)19(12-24-14-22-13-23-24)27-20(26)11-10-18(25)15-4-2-1-3-5-15/h1-9,13-14,19H,10-12H2. The second-order valence-electron chi connectivity index (χ2n) is 5.94. The summed E-state index contributed by atoms with van der Waals surface area (Å²) in [5, 5.41) is 4.65. The third-order valence-corrected chi connectivity index (χ3v) is 4.24. The smallest absolute Gasteiger partial charge is 0.306 e. The van der Waals surface area contributed by atoms with Crippen LogP contribution in [-0.2, 0) is 16.1 Å². The average molecular weight is 384 g/mol. The first kappa shape index (κ1) is 18.8. The first-order chi connectivity index (χ1) is 13.1. The van der Waals surface area contributed by atoms with Crippen LogP contribution < -0.4 is 0 Å². The predicted octanol–water partition coefficient (Wildman–Crippen LogP) is 3.88. The summed E-state index contributed by atoms with van der Waals surface area (Å²) in [6.45, 7) is 0.319. The highest BCUT2D eigenvalue weighted by Gasteiger charge is 2.19. The molecule has 138 valence electrons. The Morgan fingerprint density at radius 3 is 2.44 bits per heavy atom. The molecule has 0 spiro atoms. The van der Waals surface area contributed by atoms with Crippen LogP contribution in [0.25, 0.3) is 0 Å². The summed E-state index contributed by atoms with van der Waals surface area (Å²) >= 11 is 5.93. The molecule has 0 aliphatic rings. The van der Waals surface area contributed by atoms with Gasteiger partial charge in [0.1, 0.15) is 18.8 Å². The number of carbonyl (C=O) groups excluding carboxylic acids is 2. The van der Waals surface area contributed by atoms with Crippen LogP contribution in [0.1, 0.15) is 34.9 Å². The monoisotopic (exact) mass is 383 g/mol. The largest absolute Gasteiger partial charge is 0.455 e. The average Bonchev–Trinajstić information content (AvgIpc) is 3.20. The molecule has 0 saturated heterocycles. The molecule has 3 aromatic rings. The fourth-order valence-corrected chi connectivity index (χ4v) is 2.71. The van der Waals surface area contributed by atoms with E-state index in [1.807, 2.05) is 6.07 Å². The minimum absolute atomic E-state index is 0.00910. The summed E-state index contributed by atoms with van der Waals surface area (Å²) in [5.74, 6) is -0.536. The highest BCUT2D eigenvalue weighted by Crippen LogP contribution is 2.22. The van der Waals surface area contributed by atoms with Crippen LogP contribution in [0.5, 0.6) is 0 Å². The number of carbonyl (C=O) groups is 2. The van der Waals surface area contributed by atoms with Crippen molar-refractivity contribution in [3.63, 3.8) is 0 Å². The van der Waals surface area contributed by atoms with Crippen molar-refractivity contribution in [2.24, 2.45) is 0 Å². The molecule has 0 fully saturated rings. The maximum absolute atomic E-state index is 12.3. The van der Waals surface area contributed by atoms with Crippen LogP contribution in [-0.4, -0.2) is 26.5 Å². The summed E-state index contributed by atoms with van der Waals surface area (Å²) in [6, 6.07) is 15.9. The summed E-state index contributed by atoms with van der Waals surface area (Å²) in [7, 11) is 0. The van der Waals surface area contributed by atoms with Gasteiger partial charge in [-0.15, -0.1) is 0 Å². The van der Waals surface area contributed by atoms with Crippen LogP contribution in [0.2, 0.25) is 5.02 Å². The Balaban J connectivity index is 1.63. The minimum atomic E-state index is -0.553. The molecule has 1 heterocycles. The van der Waals surface area contributed by atoms with Crippen molar-refractivity contribution in [2.75, 3.05) is 0 Å². The van der Waals surface area contributed by atoms with Crippen molar-refractivity contribution in [3.05, 3.63) is 83.4 Å². The van der Waals surface area contributed by atoms with Gasteiger partial charge in [0.25, 0.3) is 0 Å². The first-order valence-corrected chi connectivity index (χ1v) is 8.85. The Labute approximate surface area is 161 Å². The van der Waals surface area contributed by atoms with Crippen LogP contribution in [0.3, 0.4) is 0 Å². The lowest BCUT2D eigenvalue weighted by atomic mass is 10.1. The van der Waals surface area contributed by atoms with Crippen molar-refractivity contribution in [1.29, 1.82) is 0 Å². The number of rotatable bonds is 8. The Morgan fingerprint density at radius 2 is 1.78 bits per heavy atom. The SMILES string of the molecule is O=C(CCC(=O)c1ccccc1)OC(Cn1cncn1)c1ccc(Cl)cc1. The van der Waals surface area contributed by atoms with Crippen molar-refractivity contribution >= 4 is 23.4 Å². The number of halogens is 1. The number of benzene rings is 2. The molecule has 0 amide bonds. The second kappa shape index (κ2) is 9.09. The van der Waals surface area contributed by atoms with Crippen molar-refractivity contribution < 1.29 is 14.3 Å². The maximum Gasteiger partial charge on any atom is 0.306 e. The van der Waals surface area contributed by atoms with Crippen LogP contribution in [0, 0.1) is 0 Å². The van der Waals surface area contributed by atoms with E-state index in [0.717, 1.165) is 5.56 Å². The number of ether oxygens (including phenoxy) is 1. The zero-order valence-corrected chi connectivity index (χ0v) is 15.2. The van der Waals surface area contributed by atoms with E-state index >= 15 is 0 Å². The summed E-state index contributed by atoms with van der Waals surface area (Å²) in [6.07, 6.45) is 2.52. The van der Waals surface area contributed by atoms with E-state index in [2.05, 4.69) is 10.1 Å². The molecule has 3 rings (SSSR count). The molecule has 1 atom stereocenters. The van der Waals surface area contributed by atoms with Gasteiger partial charge in [-0.1, -0.05) is 54.1 Å². The zero-order chi connectivity index (χ0) is 19.1. The molecule has 1 unspecified atom stereocenters. The summed E-state index contributed by atoms with van der Waals surface area (Å²) < 4.78 is 7.20. The second-order valence-corrected chi connectivity index (χ2v) is 6.37. The van der Waals surface area contributed by atoms with E-state index < -0.39 is 12.1 Å². The van der Waals surface area contributed by atoms with E-state index in [9.17, 15) is 9.59 Å². The Hall–Kier alpha value is -2.99. The highest BCUT2D eigenvalue weighted by atomic mass is 35.5. The van der Waals surface area contributed by atoms with E-state index in [0.29, 0.717) is 17.1 Å². The molecule has 0 saturated carbocycles. The van der Waals surface area contributed by atoms with E-state index in [1.165, 1.54) is 6.33 Å². The molecule has 2 aromatic carbocycles. The van der Waals surface area contributed by atoms with Gasteiger partial charge in [0.2, 0.25) is 0 Å². The van der Waals surface area contributed by atoms with Crippen LogP contribution in [0.4, 0.5) is 0 Å². The highest BCUT2D eigenvalue weighted by molar-refractivity contribution is 6.30. The van der Waals surface area contributed by atoms with Gasteiger partial charge in [-0.05, 0) is 17.7 Å². The molecule has 0 radical (unpaired) electrons. The molecule has 6 nitrogen and oxygen atoms in total. The minimum Gasteiger partial charge on any atom is -0.455 e. The Kier molecular flexibility index (Phi) is 6.33. The quantitative estimate of drug-likeness (QED) is 0.436. The van der Waals surface area contributed by atoms with Gasteiger partial charge >= 0.3 is 5.97 Å². The van der Waals surface area contributed by atoms with E-state index in [1.54, 1.807) is 59.5 Å². The summed E-state index contributed by atoms with van der Waals surface area (Å²) in [5.41, 5.74) is 1.37. The van der Waals surface area contributed by atoms with Crippen molar-refractivity contribution in [2.45, 2.75) is 25.5 Å². The van der Waals surface area contributed by atoms with Crippen molar-refractivity contribution in [3.8, 4) is 0 Å². The Morgan fingerprint density at radius 1 is 1.04 bits per heavy atom. The number of hydrogen-bond donors (Lipinski definition) is 0. The fraction of sp³-hybridized carbons (Fsp3) is 0.200. The number of aromatic nitrogens is 3. The number of ketones is 1. The lowest BCUT2D eigenvalue weighted by Crippen LogP contribution is -2.18. The van der Waals surface area contributed by atoms with Crippen molar-refractivity contribution in [1.82, 2.24) is 14.8 Å². The van der Waals surface area contributed by atoms with Gasteiger partial charge in [-0.25, -0.2) is 9.67 Å². The molecule has 27 heavy (non-hydrogen) atoms. The van der Waals surface area contributed by atoms with Crippen LogP contribution >= 0.6 is 11.6 Å². The maximum atomic E-state index is 12.3. The third kappa shape index (κ3) is 5.49. The van der Waals surface area contributed by atoms with Gasteiger partial charge in [-0.3, -0.25) is 9.59 Å². The third-order valence-electron chi connectivity index (χ3n) is 3.99. The van der Waals surface area contributed by atoms with Gasteiger partial charge in [-0.2, -0.15) is 5.10 Å². The molecule has 7 heteroatoms. The normalized spacial score (nSPS) is 11.7. The zero-order valence-electron chi connectivity index (χ0n) is 14.5. The molecule has 0 bridgehead atoms. The van der Waals surface area contributed by atoms with Gasteiger partial charge < -0.3 is 4.74 Å². The van der Waals surface area contributed by atoms with Gasteiger partial charge in [0, 0.05) is 17.0 Å². The molecule has 0 N–H and O–H groups in total. The topological polar surface area (TPSA) is 74.1 Å². The predicted molar refractivity (Wildman–Crippen MR) is 100 cm³/mol. The van der Waals surface area contributed by atoms with Gasteiger partial charge in [0.05, 0.1) is 13.0 Å². The van der Waals surface area contributed by atoms with E-state index in [-0.39, 0.29) is 18.6 Å². The number of esters is 1. The number of Topliss-reactive ketones (excluding diaryl/α,β-unsaturated/α-hetero) is 1. The molecule has 1 aromatic heterocycles. The first-order valence-electron chi connectivity index (χ1n) is 8.47. The Bertz CT molecular complexity index is 881. The molecular weight excluding hydrogens is 366 g/mol. The molecule has 0 aliphatic heterocycles.